The summed E-state index contributed by atoms with van der Waals surface area (Å²) in [5.74, 6) is -4.47. The fourth-order valence-electron chi connectivity index (χ4n) is 0.901. The second-order valence-electron chi connectivity index (χ2n) is 2.89. The fraction of sp³-hybridized carbons (Fsp3) is 0.333. The molecule has 2 nitrogen and oxygen atoms in total. The molecule has 0 aliphatic heterocycles. The third-order valence-electron chi connectivity index (χ3n) is 1.69. The molecule has 0 spiro atoms. The van der Waals surface area contributed by atoms with Gasteiger partial charge in [0.1, 0.15) is 4.60 Å². The molecule has 0 aliphatic carbocycles. The van der Waals surface area contributed by atoms with Gasteiger partial charge in [-0.3, -0.25) is 4.79 Å². The molecular formula is C9H8BrF2NO. The van der Waals surface area contributed by atoms with Crippen molar-refractivity contribution in [2.24, 2.45) is 0 Å². The molecule has 14 heavy (non-hydrogen) atoms. The van der Waals surface area contributed by atoms with Gasteiger partial charge in [-0.25, -0.2) is 4.98 Å². The molecule has 1 aromatic heterocycles. The molecule has 0 aliphatic rings. The normalized spacial score (nSPS) is 11.4. The smallest absolute Gasteiger partial charge is 0.293 e. The van der Waals surface area contributed by atoms with E-state index in [0.717, 1.165) is 6.92 Å². The van der Waals surface area contributed by atoms with Crippen molar-refractivity contribution in [3.05, 3.63) is 28.5 Å². The minimum absolute atomic E-state index is 0.194. The molecule has 1 heterocycles. The Morgan fingerprint density at radius 1 is 1.57 bits per heavy atom. The van der Waals surface area contributed by atoms with E-state index in [1.807, 2.05) is 0 Å². The Morgan fingerprint density at radius 3 is 2.71 bits per heavy atom. The number of carbonyl (C=O) groups excluding carboxylic acids is 1. The van der Waals surface area contributed by atoms with Gasteiger partial charge in [0.25, 0.3) is 0 Å². The van der Waals surface area contributed by atoms with Gasteiger partial charge in [-0.15, -0.1) is 0 Å². The fourth-order valence-corrected chi connectivity index (χ4v) is 1.28. The van der Waals surface area contributed by atoms with Gasteiger partial charge in [0, 0.05) is 12.6 Å². The van der Waals surface area contributed by atoms with Crippen molar-refractivity contribution in [1.82, 2.24) is 4.98 Å². The molecule has 0 aromatic carbocycles. The standard InChI is InChI=1S/C9H8BrF2NO/c1-6(14)9(11,12)5-7-3-2-4-8(10)13-7/h2-4H,5H2,1H3. The topological polar surface area (TPSA) is 30.0 Å². The van der Waals surface area contributed by atoms with Crippen molar-refractivity contribution < 1.29 is 13.6 Å². The van der Waals surface area contributed by atoms with Crippen molar-refractivity contribution in [1.29, 1.82) is 0 Å². The van der Waals surface area contributed by atoms with Crippen LogP contribution in [0, 0.1) is 0 Å². The quantitative estimate of drug-likeness (QED) is 0.785. The van der Waals surface area contributed by atoms with Crippen LogP contribution in [0.2, 0.25) is 0 Å². The van der Waals surface area contributed by atoms with E-state index in [1.165, 1.54) is 6.07 Å². The molecule has 0 saturated carbocycles. The van der Waals surface area contributed by atoms with Gasteiger partial charge >= 0.3 is 5.92 Å². The first-order valence-corrected chi connectivity index (χ1v) is 4.71. The largest absolute Gasteiger partial charge is 0.310 e. The minimum atomic E-state index is -3.33. The van der Waals surface area contributed by atoms with Gasteiger partial charge in [0.2, 0.25) is 0 Å². The second kappa shape index (κ2) is 4.13. The van der Waals surface area contributed by atoms with Crippen LogP contribution < -0.4 is 0 Å². The maximum atomic E-state index is 13.0. The number of Topliss-reactive ketones (excluding diaryl/α,β-unsaturated/α-hetero) is 1. The van der Waals surface area contributed by atoms with Crippen molar-refractivity contribution in [2.45, 2.75) is 19.3 Å². The van der Waals surface area contributed by atoms with Crippen molar-refractivity contribution in [3.63, 3.8) is 0 Å². The number of alkyl halides is 2. The van der Waals surface area contributed by atoms with Crippen LogP contribution in [0.1, 0.15) is 12.6 Å². The highest BCUT2D eigenvalue weighted by Gasteiger charge is 2.35. The van der Waals surface area contributed by atoms with Gasteiger partial charge < -0.3 is 0 Å². The van der Waals surface area contributed by atoms with Crippen molar-refractivity contribution >= 4 is 21.7 Å². The van der Waals surface area contributed by atoms with Gasteiger partial charge in [-0.1, -0.05) is 6.07 Å². The van der Waals surface area contributed by atoms with Gasteiger partial charge in [0.05, 0.1) is 6.42 Å². The zero-order valence-electron chi connectivity index (χ0n) is 7.43. The number of aromatic nitrogens is 1. The summed E-state index contributed by atoms with van der Waals surface area (Å²) in [5, 5.41) is 0. The Bertz CT molecular complexity index is 354. The summed E-state index contributed by atoms with van der Waals surface area (Å²) in [6.07, 6.45) is -0.651. The Hall–Kier alpha value is -0.840. The molecule has 5 heteroatoms. The number of ketones is 1. The van der Waals surface area contributed by atoms with Gasteiger partial charge in [-0.05, 0) is 28.1 Å². The van der Waals surface area contributed by atoms with Crippen LogP contribution in [-0.4, -0.2) is 16.7 Å². The molecule has 76 valence electrons. The van der Waals surface area contributed by atoms with Crippen LogP contribution in [0.25, 0.3) is 0 Å². The summed E-state index contributed by atoms with van der Waals surface area (Å²) in [6.45, 7) is 0.873. The van der Waals surface area contributed by atoms with E-state index in [-0.39, 0.29) is 5.69 Å². The summed E-state index contributed by atoms with van der Waals surface area (Å²) in [5.41, 5.74) is 0.194. The summed E-state index contributed by atoms with van der Waals surface area (Å²) in [7, 11) is 0. The van der Waals surface area contributed by atoms with Crippen LogP contribution in [0.15, 0.2) is 22.8 Å². The third kappa shape index (κ3) is 2.83. The van der Waals surface area contributed by atoms with Gasteiger partial charge in [0.15, 0.2) is 5.78 Å². The first-order valence-electron chi connectivity index (χ1n) is 3.92. The van der Waals surface area contributed by atoms with E-state index in [2.05, 4.69) is 20.9 Å². The highest BCUT2D eigenvalue weighted by molar-refractivity contribution is 9.10. The highest BCUT2D eigenvalue weighted by Crippen LogP contribution is 2.20. The Morgan fingerprint density at radius 2 is 2.21 bits per heavy atom. The minimum Gasteiger partial charge on any atom is -0.293 e. The molecule has 0 bridgehead atoms. The molecule has 0 saturated heterocycles. The molecule has 0 atom stereocenters. The van der Waals surface area contributed by atoms with E-state index >= 15 is 0 Å². The molecule has 0 N–H and O–H groups in total. The second-order valence-corrected chi connectivity index (χ2v) is 3.70. The monoisotopic (exact) mass is 263 g/mol. The molecule has 1 aromatic rings. The van der Waals surface area contributed by atoms with E-state index in [4.69, 9.17) is 0 Å². The van der Waals surface area contributed by atoms with E-state index in [9.17, 15) is 13.6 Å². The average molecular weight is 264 g/mol. The molecule has 1 rings (SSSR count). The average Bonchev–Trinajstić information content (AvgIpc) is 2.02. The predicted octanol–water partition coefficient (Wildman–Crippen LogP) is 2.61. The third-order valence-corrected chi connectivity index (χ3v) is 2.13. The Kier molecular flexibility index (Phi) is 3.31. The number of pyridine rings is 1. The molecule has 0 fully saturated rings. The Balaban J connectivity index is 2.83. The SMILES string of the molecule is CC(=O)C(F)(F)Cc1cccc(Br)n1. The summed E-state index contributed by atoms with van der Waals surface area (Å²) < 4.78 is 26.4. The van der Waals surface area contributed by atoms with Crippen LogP contribution in [0.4, 0.5) is 8.78 Å². The first kappa shape index (κ1) is 11.2. The van der Waals surface area contributed by atoms with Crippen LogP contribution in [-0.2, 0) is 11.2 Å². The van der Waals surface area contributed by atoms with Crippen molar-refractivity contribution in [3.8, 4) is 0 Å². The molecular weight excluding hydrogens is 256 g/mol. The summed E-state index contributed by atoms with van der Waals surface area (Å²) in [6, 6.07) is 4.69. The number of rotatable bonds is 3. The maximum Gasteiger partial charge on any atom is 0.310 e. The lowest BCUT2D eigenvalue weighted by atomic mass is 10.1. The molecule has 0 radical (unpaired) electrons. The van der Waals surface area contributed by atoms with Crippen LogP contribution >= 0.6 is 15.9 Å². The van der Waals surface area contributed by atoms with E-state index in [0.29, 0.717) is 4.60 Å². The maximum absolute atomic E-state index is 13.0. The number of carbonyl (C=O) groups is 1. The molecule has 0 amide bonds. The molecule has 0 unspecified atom stereocenters. The van der Waals surface area contributed by atoms with Gasteiger partial charge in [-0.2, -0.15) is 8.78 Å². The highest BCUT2D eigenvalue weighted by atomic mass is 79.9. The Labute approximate surface area is 88.5 Å². The predicted molar refractivity (Wildman–Crippen MR) is 51.3 cm³/mol. The lowest BCUT2D eigenvalue weighted by Crippen LogP contribution is -2.29. The lowest BCUT2D eigenvalue weighted by Gasteiger charge is -2.11. The van der Waals surface area contributed by atoms with E-state index in [1.54, 1.807) is 12.1 Å². The van der Waals surface area contributed by atoms with E-state index < -0.39 is 18.1 Å². The number of halogens is 3. The number of hydrogen-bond donors (Lipinski definition) is 0. The zero-order valence-corrected chi connectivity index (χ0v) is 9.01. The zero-order chi connectivity index (χ0) is 10.8. The van der Waals surface area contributed by atoms with Crippen LogP contribution in [0.5, 0.6) is 0 Å². The van der Waals surface area contributed by atoms with Crippen LogP contribution in [0.3, 0.4) is 0 Å². The van der Waals surface area contributed by atoms with Crippen molar-refractivity contribution in [2.75, 3.05) is 0 Å². The number of hydrogen-bond acceptors (Lipinski definition) is 2. The summed E-state index contributed by atoms with van der Waals surface area (Å²) >= 11 is 3.07. The summed E-state index contributed by atoms with van der Waals surface area (Å²) in [4.78, 5) is 14.4. The first-order chi connectivity index (χ1) is 6.42. The number of nitrogens with zero attached hydrogens (tertiary/aromatic N) is 1. The lowest BCUT2D eigenvalue weighted by molar-refractivity contribution is -0.140.